The standard InChI is InChI=1S/C11H13FN2O/c1-8-2-3-10(12)11(6-8)15-5-4-9(14)7-13/h2-3,6,9H,4-5,14H2,1H3. The van der Waals surface area contributed by atoms with Crippen LogP contribution in [0, 0.1) is 24.1 Å². The average molecular weight is 208 g/mol. The van der Waals surface area contributed by atoms with Gasteiger partial charge in [0, 0.05) is 6.42 Å². The van der Waals surface area contributed by atoms with Crippen molar-refractivity contribution in [3.05, 3.63) is 29.6 Å². The van der Waals surface area contributed by atoms with Gasteiger partial charge in [-0.25, -0.2) is 4.39 Å². The van der Waals surface area contributed by atoms with Crippen LogP contribution in [-0.4, -0.2) is 12.6 Å². The first-order valence-corrected chi connectivity index (χ1v) is 4.67. The molecule has 0 bridgehead atoms. The Balaban J connectivity index is 2.51. The Hall–Kier alpha value is -1.60. The fourth-order valence-electron chi connectivity index (χ4n) is 1.08. The van der Waals surface area contributed by atoms with E-state index in [1.54, 1.807) is 12.1 Å². The predicted octanol–water partition coefficient (Wildman–Crippen LogP) is 1.75. The number of nitrogens with two attached hydrogens (primary N) is 1. The van der Waals surface area contributed by atoms with E-state index in [9.17, 15) is 4.39 Å². The van der Waals surface area contributed by atoms with Crippen LogP contribution in [0.4, 0.5) is 4.39 Å². The molecule has 15 heavy (non-hydrogen) atoms. The minimum Gasteiger partial charge on any atom is -0.490 e. The monoisotopic (exact) mass is 208 g/mol. The summed E-state index contributed by atoms with van der Waals surface area (Å²) in [6, 6.07) is 5.97. The third-order valence-electron chi connectivity index (χ3n) is 1.94. The Morgan fingerprint density at radius 3 is 3.00 bits per heavy atom. The Morgan fingerprint density at radius 2 is 2.33 bits per heavy atom. The molecular weight excluding hydrogens is 195 g/mol. The van der Waals surface area contributed by atoms with Gasteiger partial charge >= 0.3 is 0 Å². The summed E-state index contributed by atoms with van der Waals surface area (Å²) in [6.07, 6.45) is 0.393. The lowest BCUT2D eigenvalue weighted by molar-refractivity contribution is 0.291. The van der Waals surface area contributed by atoms with Crippen molar-refractivity contribution in [3.63, 3.8) is 0 Å². The average Bonchev–Trinajstić information content (AvgIpc) is 2.23. The van der Waals surface area contributed by atoms with Crippen molar-refractivity contribution in [1.29, 1.82) is 5.26 Å². The van der Waals surface area contributed by atoms with Crippen molar-refractivity contribution in [2.24, 2.45) is 5.73 Å². The van der Waals surface area contributed by atoms with Crippen molar-refractivity contribution in [2.45, 2.75) is 19.4 Å². The van der Waals surface area contributed by atoms with E-state index in [1.807, 2.05) is 13.0 Å². The first-order valence-electron chi connectivity index (χ1n) is 4.67. The number of nitrogens with zero attached hydrogens (tertiary/aromatic N) is 1. The molecule has 2 N–H and O–H groups in total. The second-order valence-electron chi connectivity index (χ2n) is 3.31. The number of nitriles is 1. The number of hydrogen-bond donors (Lipinski definition) is 1. The van der Waals surface area contributed by atoms with E-state index in [4.69, 9.17) is 15.7 Å². The Morgan fingerprint density at radius 1 is 1.60 bits per heavy atom. The molecule has 0 amide bonds. The summed E-state index contributed by atoms with van der Waals surface area (Å²) in [7, 11) is 0. The molecule has 0 aromatic heterocycles. The van der Waals surface area contributed by atoms with Gasteiger partial charge in [-0.3, -0.25) is 0 Å². The minimum atomic E-state index is -0.558. The molecule has 80 valence electrons. The summed E-state index contributed by atoms with van der Waals surface area (Å²) in [5.74, 6) is -0.189. The van der Waals surface area contributed by atoms with Gasteiger partial charge in [-0.1, -0.05) is 6.07 Å². The maximum atomic E-state index is 13.2. The van der Waals surface area contributed by atoms with E-state index >= 15 is 0 Å². The highest BCUT2D eigenvalue weighted by molar-refractivity contribution is 5.29. The quantitative estimate of drug-likeness (QED) is 0.820. The van der Waals surface area contributed by atoms with Crippen LogP contribution in [-0.2, 0) is 0 Å². The molecule has 0 aliphatic heterocycles. The smallest absolute Gasteiger partial charge is 0.165 e. The topological polar surface area (TPSA) is 59.0 Å². The normalized spacial score (nSPS) is 11.9. The molecule has 1 aromatic rings. The lowest BCUT2D eigenvalue weighted by atomic mass is 10.2. The van der Waals surface area contributed by atoms with E-state index in [0.29, 0.717) is 6.42 Å². The molecule has 1 aromatic carbocycles. The van der Waals surface area contributed by atoms with Crippen LogP contribution in [0.3, 0.4) is 0 Å². The van der Waals surface area contributed by atoms with E-state index in [0.717, 1.165) is 5.56 Å². The fraction of sp³-hybridized carbons (Fsp3) is 0.364. The molecule has 0 saturated heterocycles. The number of rotatable bonds is 4. The van der Waals surface area contributed by atoms with Crippen LogP contribution in [0.15, 0.2) is 18.2 Å². The van der Waals surface area contributed by atoms with Gasteiger partial charge in [0.15, 0.2) is 11.6 Å². The van der Waals surface area contributed by atoms with Gasteiger partial charge in [-0.2, -0.15) is 5.26 Å². The van der Waals surface area contributed by atoms with Crippen LogP contribution in [0.1, 0.15) is 12.0 Å². The van der Waals surface area contributed by atoms with Gasteiger partial charge in [-0.15, -0.1) is 0 Å². The minimum absolute atomic E-state index is 0.208. The van der Waals surface area contributed by atoms with Crippen molar-refractivity contribution in [1.82, 2.24) is 0 Å². The molecule has 0 saturated carbocycles. The summed E-state index contributed by atoms with van der Waals surface area (Å²) in [4.78, 5) is 0. The number of hydrogen-bond acceptors (Lipinski definition) is 3. The summed E-state index contributed by atoms with van der Waals surface area (Å²) in [5, 5.41) is 8.43. The lowest BCUT2D eigenvalue weighted by Crippen LogP contribution is -2.20. The zero-order chi connectivity index (χ0) is 11.3. The number of ether oxygens (including phenoxy) is 1. The molecule has 3 nitrogen and oxygen atoms in total. The maximum Gasteiger partial charge on any atom is 0.165 e. The highest BCUT2D eigenvalue weighted by Gasteiger charge is 2.04. The third kappa shape index (κ3) is 3.56. The molecule has 1 atom stereocenters. The van der Waals surface area contributed by atoms with Gasteiger partial charge in [-0.05, 0) is 24.6 Å². The van der Waals surface area contributed by atoms with E-state index in [1.165, 1.54) is 6.07 Å². The number of benzene rings is 1. The van der Waals surface area contributed by atoms with Crippen LogP contribution >= 0.6 is 0 Å². The van der Waals surface area contributed by atoms with Crippen molar-refractivity contribution in [2.75, 3.05) is 6.61 Å². The van der Waals surface area contributed by atoms with Gasteiger partial charge in [0.1, 0.15) is 0 Å². The number of halogens is 1. The van der Waals surface area contributed by atoms with Crippen molar-refractivity contribution in [3.8, 4) is 11.8 Å². The summed E-state index contributed by atoms with van der Waals surface area (Å²) >= 11 is 0. The molecule has 1 unspecified atom stereocenters. The van der Waals surface area contributed by atoms with Gasteiger partial charge in [0.2, 0.25) is 0 Å². The van der Waals surface area contributed by atoms with E-state index in [-0.39, 0.29) is 12.4 Å². The highest BCUT2D eigenvalue weighted by atomic mass is 19.1. The van der Waals surface area contributed by atoms with Crippen molar-refractivity contribution < 1.29 is 9.13 Å². The zero-order valence-corrected chi connectivity index (χ0v) is 8.53. The Bertz CT molecular complexity index is 373. The lowest BCUT2D eigenvalue weighted by Gasteiger charge is -2.08. The van der Waals surface area contributed by atoms with E-state index < -0.39 is 11.9 Å². The predicted molar refractivity (Wildman–Crippen MR) is 54.8 cm³/mol. The second kappa shape index (κ2) is 5.32. The molecule has 1 rings (SSSR count). The third-order valence-corrected chi connectivity index (χ3v) is 1.94. The van der Waals surface area contributed by atoms with Gasteiger partial charge in [0.25, 0.3) is 0 Å². The number of aryl methyl sites for hydroxylation is 1. The molecule has 0 fully saturated rings. The molecule has 0 aliphatic carbocycles. The first kappa shape index (κ1) is 11.5. The molecule has 0 spiro atoms. The van der Waals surface area contributed by atoms with Crippen molar-refractivity contribution >= 4 is 0 Å². The molecule has 0 aliphatic rings. The van der Waals surface area contributed by atoms with E-state index in [2.05, 4.69) is 0 Å². The van der Waals surface area contributed by atoms with Crippen LogP contribution < -0.4 is 10.5 Å². The summed E-state index contributed by atoms with van der Waals surface area (Å²) in [6.45, 7) is 2.10. The van der Waals surface area contributed by atoms with Gasteiger partial charge in [0.05, 0.1) is 18.7 Å². The first-order chi connectivity index (χ1) is 7.13. The highest BCUT2D eigenvalue weighted by Crippen LogP contribution is 2.18. The van der Waals surface area contributed by atoms with Crippen LogP contribution in [0.25, 0.3) is 0 Å². The fourth-order valence-corrected chi connectivity index (χ4v) is 1.08. The Kier molecular flexibility index (Phi) is 4.07. The summed E-state index contributed by atoms with van der Waals surface area (Å²) < 4.78 is 18.3. The molecule has 0 heterocycles. The second-order valence-corrected chi connectivity index (χ2v) is 3.31. The SMILES string of the molecule is Cc1ccc(F)c(OCCC(N)C#N)c1. The zero-order valence-electron chi connectivity index (χ0n) is 8.53. The Labute approximate surface area is 88.3 Å². The largest absolute Gasteiger partial charge is 0.490 e. The molecule has 0 radical (unpaired) electrons. The maximum absolute atomic E-state index is 13.2. The molecular formula is C11H13FN2O. The molecule has 4 heteroatoms. The van der Waals surface area contributed by atoms with Crippen LogP contribution in [0.2, 0.25) is 0 Å². The summed E-state index contributed by atoms with van der Waals surface area (Å²) in [5.41, 5.74) is 6.30. The van der Waals surface area contributed by atoms with Crippen LogP contribution in [0.5, 0.6) is 5.75 Å². The van der Waals surface area contributed by atoms with Gasteiger partial charge < -0.3 is 10.5 Å².